The molecule has 0 aromatic heterocycles. The highest BCUT2D eigenvalue weighted by molar-refractivity contribution is 5.86. The molecule has 2 atom stereocenters. The lowest BCUT2D eigenvalue weighted by Gasteiger charge is -2.25. The molecule has 4 nitrogen and oxygen atoms in total. The largest absolute Gasteiger partial charge is 0.507 e. The van der Waals surface area contributed by atoms with Crippen LogP contribution in [0.25, 0.3) is 0 Å². The number of hydrogen-bond donors (Lipinski definition) is 2. The van der Waals surface area contributed by atoms with Crippen LogP contribution in [0.1, 0.15) is 59.1 Å². The van der Waals surface area contributed by atoms with Gasteiger partial charge in [0.05, 0.1) is 12.1 Å². The van der Waals surface area contributed by atoms with Crippen molar-refractivity contribution in [3.8, 4) is 11.5 Å². The minimum Gasteiger partial charge on any atom is -0.507 e. The van der Waals surface area contributed by atoms with E-state index in [1.54, 1.807) is 24.6 Å². The molecular formula is C32H38N2O2. The molecule has 4 heteroatoms. The first-order chi connectivity index (χ1) is 17.5. The van der Waals surface area contributed by atoms with Gasteiger partial charge in [0.15, 0.2) is 0 Å². The van der Waals surface area contributed by atoms with Gasteiger partial charge in [-0.15, -0.1) is 26.3 Å². The van der Waals surface area contributed by atoms with E-state index in [9.17, 15) is 10.2 Å². The van der Waals surface area contributed by atoms with Crippen LogP contribution in [0.15, 0.2) is 84.9 Å². The fourth-order valence-electron chi connectivity index (χ4n) is 4.75. The molecule has 36 heavy (non-hydrogen) atoms. The molecule has 0 saturated heterocycles. The maximum Gasteiger partial charge on any atom is 0.127 e. The Morgan fingerprint density at radius 1 is 0.639 bits per heavy atom. The normalized spacial score (nSPS) is 17.9. The summed E-state index contributed by atoms with van der Waals surface area (Å²) in [4.78, 5) is 9.77. The molecule has 0 spiro atoms. The van der Waals surface area contributed by atoms with E-state index in [1.165, 1.54) is 0 Å². The van der Waals surface area contributed by atoms with E-state index in [-0.39, 0.29) is 23.6 Å². The number of nitrogens with zero attached hydrogens (tertiary/aromatic N) is 2. The predicted octanol–water partition coefficient (Wildman–Crippen LogP) is 6.86. The summed E-state index contributed by atoms with van der Waals surface area (Å²) in [5, 5.41) is 21.6. The van der Waals surface area contributed by atoms with E-state index >= 15 is 0 Å². The highest BCUT2D eigenvalue weighted by Crippen LogP contribution is 2.29. The monoisotopic (exact) mass is 482 g/mol. The van der Waals surface area contributed by atoms with Gasteiger partial charge in [0, 0.05) is 23.6 Å². The summed E-state index contributed by atoms with van der Waals surface area (Å²) in [7, 11) is 0. The zero-order valence-corrected chi connectivity index (χ0v) is 21.2. The van der Waals surface area contributed by atoms with Crippen LogP contribution < -0.4 is 0 Å². The van der Waals surface area contributed by atoms with Crippen LogP contribution in [0, 0.1) is 0 Å². The maximum atomic E-state index is 10.8. The summed E-state index contributed by atoms with van der Waals surface area (Å²) in [6, 6.07) is 7.98. The summed E-state index contributed by atoms with van der Waals surface area (Å²) >= 11 is 0. The lowest BCUT2D eigenvalue weighted by molar-refractivity contribution is 0.390. The van der Waals surface area contributed by atoms with E-state index in [1.807, 2.05) is 36.4 Å². The molecule has 2 aromatic rings. The van der Waals surface area contributed by atoms with Crippen molar-refractivity contribution in [1.82, 2.24) is 0 Å². The first-order valence-corrected chi connectivity index (χ1v) is 12.7. The Kier molecular flexibility index (Phi) is 10.1. The number of aromatic hydroxyl groups is 2. The van der Waals surface area contributed by atoms with Gasteiger partial charge >= 0.3 is 0 Å². The van der Waals surface area contributed by atoms with Crippen molar-refractivity contribution in [2.45, 2.75) is 63.5 Å². The molecule has 0 bridgehead atoms. The second-order valence-corrected chi connectivity index (χ2v) is 9.33. The lowest BCUT2D eigenvalue weighted by Crippen LogP contribution is -2.27. The molecule has 1 fully saturated rings. The number of phenols is 2. The maximum absolute atomic E-state index is 10.8. The third-order valence-corrected chi connectivity index (χ3v) is 6.55. The van der Waals surface area contributed by atoms with Crippen LogP contribution in [0.5, 0.6) is 11.5 Å². The second kappa shape index (κ2) is 13.4. The molecule has 0 aliphatic heterocycles. The fraction of sp³-hybridized carbons (Fsp3) is 0.312. The number of rotatable bonds is 12. The molecule has 0 radical (unpaired) electrons. The molecule has 0 amide bonds. The van der Waals surface area contributed by atoms with E-state index < -0.39 is 0 Å². The minimum atomic E-state index is 0.0199. The Labute approximate surface area is 215 Å². The average molecular weight is 483 g/mol. The number of benzene rings is 2. The predicted molar refractivity (Wildman–Crippen MR) is 153 cm³/mol. The van der Waals surface area contributed by atoms with Crippen LogP contribution in [0.3, 0.4) is 0 Å². The topological polar surface area (TPSA) is 65.2 Å². The first kappa shape index (κ1) is 26.9. The Morgan fingerprint density at radius 2 is 1.03 bits per heavy atom. The SMILES string of the molecule is C=CCc1cc(C=NC2CCCCC2N=Cc2cc(CC=C)cc(CC=C)c2O)c(O)c(CC=C)c1. The van der Waals surface area contributed by atoms with Gasteiger partial charge < -0.3 is 10.2 Å². The third-order valence-electron chi connectivity index (χ3n) is 6.55. The summed E-state index contributed by atoms with van der Waals surface area (Å²) in [5.41, 5.74) is 5.28. The van der Waals surface area contributed by atoms with Crippen LogP contribution in [-0.4, -0.2) is 34.7 Å². The van der Waals surface area contributed by atoms with Crippen LogP contribution in [0.4, 0.5) is 0 Å². The van der Waals surface area contributed by atoms with Gasteiger partial charge in [-0.2, -0.15) is 0 Å². The molecule has 0 heterocycles. The van der Waals surface area contributed by atoms with Gasteiger partial charge in [-0.1, -0.05) is 49.3 Å². The van der Waals surface area contributed by atoms with Gasteiger partial charge in [0.25, 0.3) is 0 Å². The Balaban J connectivity index is 1.88. The molecule has 1 saturated carbocycles. The zero-order valence-electron chi connectivity index (χ0n) is 21.2. The Bertz CT molecular complexity index is 1070. The van der Waals surface area contributed by atoms with Crippen LogP contribution >= 0.6 is 0 Å². The standard InChI is InChI=1S/C32H38N2O2/c1-5-11-23-17-25(13-7-3)31(35)27(19-23)21-33-29-15-9-10-16-30(29)34-22-28-20-24(12-6-2)18-26(14-8-4)32(28)36/h5-8,17-22,29-30,35-36H,1-4,9-16H2. The van der Waals surface area contributed by atoms with Crippen molar-refractivity contribution in [3.05, 3.63) is 108 Å². The van der Waals surface area contributed by atoms with Crippen molar-refractivity contribution in [2.24, 2.45) is 9.98 Å². The van der Waals surface area contributed by atoms with E-state index in [0.29, 0.717) is 24.0 Å². The summed E-state index contributed by atoms with van der Waals surface area (Å²) in [6.45, 7) is 15.3. The molecule has 1 aliphatic rings. The quantitative estimate of drug-likeness (QED) is 0.256. The third kappa shape index (κ3) is 6.94. The molecular weight excluding hydrogens is 444 g/mol. The molecule has 188 valence electrons. The summed E-state index contributed by atoms with van der Waals surface area (Å²) in [6.07, 6.45) is 17.6. The molecule has 1 aliphatic carbocycles. The lowest BCUT2D eigenvalue weighted by atomic mass is 9.91. The Hall–Kier alpha value is -3.66. The van der Waals surface area contributed by atoms with Crippen molar-refractivity contribution < 1.29 is 10.2 Å². The molecule has 3 rings (SSSR count). The number of hydrogen-bond acceptors (Lipinski definition) is 4. The molecule has 2 unspecified atom stereocenters. The van der Waals surface area contributed by atoms with Crippen molar-refractivity contribution in [1.29, 1.82) is 0 Å². The molecule has 2 N–H and O–H groups in total. The number of aliphatic imine (C=N–C) groups is 2. The Morgan fingerprint density at radius 3 is 1.39 bits per heavy atom. The van der Waals surface area contributed by atoms with Gasteiger partial charge in [0.2, 0.25) is 0 Å². The summed E-state index contributed by atoms with van der Waals surface area (Å²) in [5.74, 6) is 0.502. The van der Waals surface area contributed by atoms with Gasteiger partial charge in [-0.3, -0.25) is 9.98 Å². The highest BCUT2D eigenvalue weighted by Gasteiger charge is 2.23. The van der Waals surface area contributed by atoms with Crippen molar-refractivity contribution >= 4 is 12.4 Å². The fourth-order valence-corrected chi connectivity index (χ4v) is 4.75. The number of allylic oxidation sites excluding steroid dienone is 4. The van der Waals surface area contributed by atoms with Crippen molar-refractivity contribution in [3.63, 3.8) is 0 Å². The minimum absolute atomic E-state index is 0.0199. The van der Waals surface area contributed by atoms with E-state index in [4.69, 9.17) is 9.98 Å². The first-order valence-electron chi connectivity index (χ1n) is 12.7. The van der Waals surface area contributed by atoms with E-state index in [2.05, 4.69) is 26.3 Å². The van der Waals surface area contributed by atoms with Crippen molar-refractivity contribution in [2.75, 3.05) is 0 Å². The smallest absolute Gasteiger partial charge is 0.127 e. The van der Waals surface area contributed by atoms with Crippen LogP contribution in [0.2, 0.25) is 0 Å². The highest BCUT2D eigenvalue weighted by atomic mass is 16.3. The molecule has 2 aromatic carbocycles. The number of phenolic OH excluding ortho intramolecular Hbond substituents is 2. The summed E-state index contributed by atoms with van der Waals surface area (Å²) < 4.78 is 0. The second-order valence-electron chi connectivity index (χ2n) is 9.33. The van der Waals surface area contributed by atoms with Gasteiger partial charge in [-0.25, -0.2) is 0 Å². The van der Waals surface area contributed by atoms with E-state index in [0.717, 1.165) is 60.8 Å². The zero-order chi connectivity index (χ0) is 25.9. The van der Waals surface area contributed by atoms with Crippen LogP contribution in [-0.2, 0) is 25.7 Å². The van der Waals surface area contributed by atoms with Gasteiger partial charge in [-0.05, 0) is 72.9 Å². The van der Waals surface area contributed by atoms with Gasteiger partial charge in [0.1, 0.15) is 11.5 Å². The average Bonchev–Trinajstić information content (AvgIpc) is 2.87.